The van der Waals surface area contributed by atoms with Crippen LogP contribution < -0.4 is 5.46 Å². The summed E-state index contributed by atoms with van der Waals surface area (Å²) in [6.07, 6.45) is 1.96. The topological polar surface area (TPSA) is 31.4 Å². The molecule has 170 valence electrons. The monoisotopic (exact) mass is 447 g/mol. The van der Waals surface area contributed by atoms with Gasteiger partial charge in [0.25, 0.3) is 0 Å². The van der Waals surface area contributed by atoms with Crippen LogP contribution >= 0.6 is 0 Å². The molecule has 3 aromatic carbocycles. The molecule has 2 heterocycles. The summed E-state index contributed by atoms with van der Waals surface area (Å²) in [4.78, 5) is 4.81. The van der Waals surface area contributed by atoms with Crippen LogP contribution in [0.5, 0.6) is 0 Å². The summed E-state index contributed by atoms with van der Waals surface area (Å²) < 4.78 is 12.8. The molecule has 4 aromatic rings. The molecule has 0 amide bonds. The zero-order valence-electron chi connectivity index (χ0n) is 20.5. The lowest BCUT2D eigenvalue weighted by Gasteiger charge is -2.32. The summed E-state index contributed by atoms with van der Waals surface area (Å²) in [7, 11) is -0.438. The predicted octanol–water partition coefficient (Wildman–Crippen LogP) is 6.69. The first-order chi connectivity index (χ1) is 16.2. The van der Waals surface area contributed by atoms with E-state index in [1.807, 2.05) is 18.3 Å². The third kappa shape index (κ3) is 4.20. The van der Waals surface area contributed by atoms with Crippen LogP contribution in [-0.4, -0.2) is 23.3 Å². The molecule has 4 heteroatoms. The van der Waals surface area contributed by atoms with Crippen LogP contribution in [0.25, 0.3) is 33.5 Å². The fraction of sp³-hybridized carbons (Fsp3) is 0.233. The van der Waals surface area contributed by atoms with Gasteiger partial charge in [-0.25, -0.2) is 0 Å². The Morgan fingerprint density at radius 3 is 1.82 bits per heavy atom. The number of aromatic nitrogens is 1. The van der Waals surface area contributed by atoms with Crippen LogP contribution in [0.3, 0.4) is 0 Å². The fourth-order valence-electron chi connectivity index (χ4n) is 4.32. The summed E-state index contributed by atoms with van der Waals surface area (Å²) in [6.45, 7) is 10.5. The normalized spacial score (nSPS) is 16.6. The van der Waals surface area contributed by atoms with Gasteiger partial charge in [0, 0.05) is 11.8 Å². The Morgan fingerprint density at radius 2 is 1.21 bits per heavy atom. The van der Waals surface area contributed by atoms with E-state index in [9.17, 15) is 0 Å². The third-order valence-corrected chi connectivity index (χ3v) is 7.07. The fourth-order valence-corrected chi connectivity index (χ4v) is 4.32. The first-order valence-electron chi connectivity index (χ1n) is 11.8. The summed E-state index contributed by atoms with van der Waals surface area (Å²) in [5.41, 5.74) is 7.97. The molecule has 0 atom stereocenters. The van der Waals surface area contributed by atoms with Gasteiger partial charge in [0.15, 0.2) is 0 Å². The SMILES string of the molecule is Cc1cnc(-c2cc(B3OC(C)(C)C(C)(C)O3)cc(-c3ccccc3)c2)cc1-c1ccccc1. The van der Waals surface area contributed by atoms with E-state index < -0.39 is 18.3 Å². The van der Waals surface area contributed by atoms with E-state index in [1.165, 1.54) is 11.1 Å². The predicted molar refractivity (Wildman–Crippen MR) is 141 cm³/mol. The smallest absolute Gasteiger partial charge is 0.399 e. The summed E-state index contributed by atoms with van der Waals surface area (Å²) >= 11 is 0. The van der Waals surface area contributed by atoms with Crippen molar-refractivity contribution < 1.29 is 9.31 Å². The van der Waals surface area contributed by atoms with Crippen LogP contribution in [0.15, 0.2) is 91.1 Å². The molecule has 0 spiro atoms. The molecule has 1 aliphatic rings. The summed E-state index contributed by atoms with van der Waals surface area (Å²) in [5.74, 6) is 0. The van der Waals surface area contributed by atoms with Gasteiger partial charge in [0.05, 0.1) is 16.9 Å². The van der Waals surface area contributed by atoms with Gasteiger partial charge in [-0.05, 0) is 80.0 Å². The Balaban J connectivity index is 1.64. The van der Waals surface area contributed by atoms with Gasteiger partial charge in [0.1, 0.15) is 0 Å². The molecule has 0 radical (unpaired) electrons. The molecular weight excluding hydrogens is 417 g/mol. The molecule has 1 aromatic heterocycles. The number of rotatable bonds is 4. The Kier molecular flexibility index (Phi) is 5.67. The van der Waals surface area contributed by atoms with E-state index in [-0.39, 0.29) is 0 Å². The molecule has 34 heavy (non-hydrogen) atoms. The lowest BCUT2D eigenvalue weighted by molar-refractivity contribution is 0.00578. The van der Waals surface area contributed by atoms with Crippen molar-refractivity contribution in [2.75, 3.05) is 0 Å². The summed E-state index contributed by atoms with van der Waals surface area (Å²) in [5, 5.41) is 0. The van der Waals surface area contributed by atoms with Gasteiger partial charge in [-0.3, -0.25) is 4.98 Å². The highest BCUT2D eigenvalue weighted by molar-refractivity contribution is 6.62. The number of aryl methyl sites for hydroxylation is 1. The number of nitrogens with zero attached hydrogens (tertiary/aromatic N) is 1. The minimum absolute atomic E-state index is 0.400. The van der Waals surface area contributed by atoms with E-state index in [0.717, 1.165) is 33.4 Å². The minimum atomic E-state index is -0.438. The van der Waals surface area contributed by atoms with E-state index in [1.54, 1.807) is 0 Å². The van der Waals surface area contributed by atoms with Gasteiger partial charge in [-0.1, -0.05) is 72.8 Å². The maximum atomic E-state index is 6.40. The molecule has 1 saturated heterocycles. The molecular formula is C30H30BNO2. The Bertz CT molecular complexity index is 1300. The van der Waals surface area contributed by atoms with Crippen molar-refractivity contribution in [1.29, 1.82) is 0 Å². The second kappa shape index (κ2) is 8.54. The van der Waals surface area contributed by atoms with Crippen LogP contribution in [0, 0.1) is 6.92 Å². The second-order valence-corrected chi connectivity index (χ2v) is 10.0. The van der Waals surface area contributed by atoms with E-state index in [0.29, 0.717) is 0 Å². The van der Waals surface area contributed by atoms with Gasteiger partial charge < -0.3 is 9.31 Å². The van der Waals surface area contributed by atoms with Crippen molar-refractivity contribution in [3.05, 3.63) is 96.7 Å². The average molecular weight is 447 g/mol. The number of pyridine rings is 1. The molecule has 0 saturated carbocycles. The van der Waals surface area contributed by atoms with Crippen LogP contribution in [-0.2, 0) is 9.31 Å². The standard InChI is InChI=1S/C30H30BNO2/c1-21-20-32-28(19-27(21)23-14-10-7-11-15-23)25-16-24(22-12-8-6-9-13-22)17-26(18-25)31-33-29(2,3)30(4,5)34-31/h6-20H,1-5H3. The lowest BCUT2D eigenvalue weighted by Crippen LogP contribution is -2.41. The van der Waals surface area contributed by atoms with Crippen molar-refractivity contribution >= 4 is 12.6 Å². The number of benzene rings is 3. The molecule has 1 fully saturated rings. The van der Waals surface area contributed by atoms with Gasteiger partial charge in [0.2, 0.25) is 0 Å². The molecule has 1 aliphatic heterocycles. The Morgan fingerprint density at radius 1 is 0.647 bits per heavy atom. The molecule has 5 rings (SSSR count). The highest BCUT2D eigenvalue weighted by Gasteiger charge is 2.51. The van der Waals surface area contributed by atoms with E-state index in [4.69, 9.17) is 14.3 Å². The van der Waals surface area contributed by atoms with Gasteiger partial charge in [-0.2, -0.15) is 0 Å². The van der Waals surface area contributed by atoms with Crippen LogP contribution in [0.1, 0.15) is 33.3 Å². The maximum Gasteiger partial charge on any atom is 0.494 e. The third-order valence-electron chi connectivity index (χ3n) is 7.07. The van der Waals surface area contributed by atoms with Crippen LogP contribution in [0.2, 0.25) is 0 Å². The molecule has 0 unspecified atom stereocenters. The molecule has 3 nitrogen and oxygen atoms in total. The number of hydrogen-bond donors (Lipinski definition) is 0. The second-order valence-electron chi connectivity index (χ2n) is 10.0. The van der Waals surface area contributed by atoms with Gasteiger partial charge in [-0.15, -0.1) is 0 Å². The summed E-state index contributed by atoms with van der Waals surface area (Å²) in [6, 6.07) is 29.6. The van der Waals surface area contributed by atoms with Crippen molar-refractivity contribution in [2.24, 2.45) is 0 Å². The Hall–Kier alpha value is -3.21. The molecule has 0 N–H and O–H groups in total. The van der Waals surface area contributed by atoms with Gasteiger partial charge >= 0.3 is 7.12 Å². The molecule has 0 aliphatic carbocycles. The van der Waals surface area contributed by atoms with Crippen molar-refractivity contribution in [3.63, 3.8) is 0 Å². The van der Waals surface area contributed by atoms with Crippen molar-refractivity contribution in [3.8, 4) is 33.5 Å². The first-order valence-corrected chi connectivity index (χ1v) is 11.8. The van der Waals surface area contributed by atoms with E-state index in [2.05, 4.69) is 107 Å². The first kappa shape index (κ1) is 22.6. The average Bonchev–Trinajstić information content (AvgIpc) is 3.07. The zero-order valence-corrected chi connectivity index (χ0v) is 20.5. The Labute approximate surface area is 202 Å². The maximum absolute atomic E-state index is 6.40. The quantitative estimate of drug-likeness (QED) is 0.327. The lowest BCUT2D eigenvalue weighted by atomic mass is 9.76. The highest BCUT2D eigenvalue weighted by atomic mass is 16.7. The molecule has 0 bridgehead atoms. The number of hydrogen-bond acceptors (Lipinski definition) is 3. The zero-order chi connectivity index (χ0) is 23.9. The minimum Gasteiger partial charge on any atom is -0.399 e. The van der Waals surface area contributed by atoms with Crippen LogP contribution in [0.4, 0.5) is 0 Å². The largest absolute Gasteiger partial charge is 0.494 e. The van der Waals surface area contributed by atoms with E-state index >= 15 is 0 Å². The van der Waals surface area contributed by atoms with Crippen molar-refractivity contribution in [2.45, 2.75) is 45.8 Å². The highest BCUT2D eigenvalue weighted by Crippen LogP contribution is 2.37. The van der Waals surface area contributed by atoms with Crippen molar-refractivity contribution in [1.82, 2.24) is 4.98 Å².